The predicted molar refractivity (Wildman–Crippen MR) is 105 cm³/mol. The number of amides is 1. The molecular weight excluding hydrogens is 470 g/mol. The normalized spacial score (nSPS) is 24.3. The van der Waals surface area contributed by atoms with E-state index in [1.165, 1.54) is 13.0 Å². The van der Waals surface area contributed by atoms with Crippen molar-refractivity contribution in [2.75, 3.05) is 13.2 Å². The molecule has 1 saturated heterocycles. The van der Waals surface area contributed by atoms with Gasteiger partial charge in [-0.25, -0.2) is 4.39 Å². The van der Waals surface area contributed by atoms with Gasteiger partial charge >= 0.3 is 6.18 Å². The Labute approximate surface area is 178 Å². The second-order valence-electron chi connectivity index (χ2n) is 7.33. The first-order valence-electron chi connectivity index (χ1n) is 9.36. The number of amidine groups is 1. The molecule has 1 N–H and O–H groups in total. The molecule has 3 heterocycles. The third-order valence-corrected chi connectivity index (χ3v) is 5.79. The zero-order valence-electron chi connectivity index (χ0n) is 15.8. The molecule has 0 saturated carbocycles. The van der Waals surface area contributed by atoms with Crippen LogP contribution in [0.25, 0.3) is 0 Å². The Balaban J connectivity index is 1.58. The number of rotatable bonds is 3. The molecule has 0 aliphatic carbocycles. The first kappa shape index (κ1) is 21.0. The van der Waals surface area contributed by atoms with Gasteiger partial charge in [0.2, 0.25) is 0 Å². The van der Waals surface area contributed by atoms with Crippen LogP contribution in [0.2, 0.25) is 0 Å². The molecule has 3 aliphatic heterocycles. The van der Waals surface area contributed by atoms with Crippen molar-refractivity contribution in [3.63, 3.8) is 0 Å². The molecule has 0 unspecified atom stereocenters. The van der Waals surface area contributed by atoms with E-state index in [9.17, 15) is 22.4 Å². The van der Waals surface area contributed by atoms with Crippen molar-refractivity contribution in [3.05, 3.63) is 57.5 Å². The molecule has 5 nitrogen and oxygen atoms in total. The van der Waals surface area contributed by atoms with Crippen molar-refractivity contribution < 1.29 is 27.1 Å². The maximum Gasteiger partial charge on any atom is 0.419 e. The van der Waals surface area contributed by atoms with Gasteiger partial charge in [0.15, 0.2) is 0 Å². The summed E-state index contributed by atoms with van der Waals surface area (Å²) in [5.74, 6) is -1.46. The smallest absolute Gasteiger partial charge is 0.379 e. The number of carbonyl (C=O) groups excluding carboxylic acids is 1. The van der Waals surface area contributed by atoms with E-state index >= 15 is 0 Å². The van der Waals surface area contributed by atoms with Gasteiger partial charge in [0.25, 0.3) is 5.91 Å². The average Bonchev–Trinajstić information content (AvgIpc) is 3.05. The Morgan fingerprint density at radius 2 is 2.17 bits per heavy atom. The van der Waals surface area contributed by atoms with Gasteiger partial charge in [-0.15, -0.1) is 0 Å². The van der Waals surface area contributed by atoms with E-state index in [2.05, 4.69) is 26.2 Å². The van der Waals surface area contributed by atoms with Gasteiger partial charge in [-0.1, -0.05) is 12.1 Å². The zero-order valence-corrected chi connectivity index (χ0v) is 17.4. The highest BCUT2D eigenvalue weighted by atomic mass is 79.9. The van der Waals surface area contributed by atoms with Crippen LogP contribution in [0.1, 0.15) is 30.5 Å². The second kappa shape index (κ2) is 7.81. The number of benzene rings is 1. The van der Waals surface area contributed by atoms with Crippen LogP contribution in [0.5, 0.6) is 0 Å². The Morgan fingerprint density at radius 3 is 2.90 bits per heavy atom. The molecule has 160 valence electrons. The first-order valence-corrected chi connectivity index (χ1v) is 10.2. The van der Waals surface area contributed by atoms with Gasteiger partial charge < -0.3 is 15.0 Å². The van der Waals surface area contributed by atoms with Crippen molar-refractivity contribution in [1.82, 2.24) is 10.2 Å². The van der Waals surface area contributed by atoms with E-state index in [-0.39, 0.29) is 23.2 Å². The van der Waals surface area contributed by atoms with Crippen LogP contribution in [-0.4, -0.2) is 41.9 Å². The molecule has 0 radical (unpaired) electrons. The number of halogens is 5. The molecule has 0 bridgehead atoms. The van der Waals surface area contributed by atoms with E-state index in [1.54, 1.807) is 6.08 Å². The lowest BCUT2D eigenvalue weighted by atomic mass is 10.0. The molecule has 0 spiro atoms. The minimum atomic E-state index is -4.82. The highest BCUT2D eigenvalue weighted by Crippen LogP contribution is 2.35. The maximum atomic E-state index is 14.4. The fraction of sp³-hybridized carbons (Fsp3) is 0.400. The molecule has 0 aromatic heterocycles. The molecule has 10 heteroatoms. The topological polar surface area (TPSA) is 53.9 Å². The van der Waals surface area contributed by atoms with Crippen molar-refractivity contribution in [2.45, 2.75) is 37.6 Å². The standard InChI is InChI=1S/C20H18BrF4N3O2/c1-10(12-3-2-4-14(17(12)22)20(23,24)25)26-19(29)13-7-11(21)8-28-16-5-6-30-9-15(16)27-18(13)28/h2-4,7-8,10,15-16H,5-6,9H2,1H3,(H,26,29)/t10-,15-,16+/m1/s1. The van der Waals surface area contributed by atoms with Crippen LogP contribution >= 0.6 is 15.9 Å². The number of carbonyl (C=O) groups is 1. The minimum absolute atomic E-state index is 0.0798. The molecule has 3 atom stereocenters. The SMILES string of the molecule is C[C@@H](NC(=O)C1=CC(Br)=CN2C1=N[C@@H]1COCC[C@@H]12)c1cccc(C(F)(F)F)c1F. The summed E-state index contributed by atoms with van der Waals surface area (Å²) >= 11 is 3.40. The van der Waals surface area contributed by atoms with Gasteiger partial charge in [0, 0.05) is 22.9 Å². The lowest BCUT2D eigenvalue weighted by Gasteiger charge is -2.32. The molecule has 4 rings (SSSR count). The lowest BCUT2D eigenvalue weighted by molar-refractivity contribution is -0.140. The van der Waals surface area contributed by atoms with E-state index < -0.39 is 29.5 Å². The van der Waals surface area contributed by atoms with Gasteiger partial charge in [-0.3, -0.25) is 9.79 Å². The van der Waals surface area contributed by atoms with Crippen LogP contribution in [0, 0.1) is 5.82 Å². The van der Waals surface area contributed by atoms with Gasteiger partial charge in [-0.2, -0.15) is 13.2 Å². The van der Waals surface area contributed by atoms with Crippen LogP contribution in [0.3, 0.4) is 0 Å². The third-order valence-electron chi connectivity index (χ3n) is 5.36. The Bertz CT molecular complexity index is 973. The third kappa shape index (κ3) is 3.78. The van der Waals surface area contributed by atoms with Crippen molar-refractivity contribution in [3.8, 4) is 0 Å². The number of allylic oxidation sites excluding steroid dienone is 2. The summed E-state index contributed by atoms with van der Waals surface area (Å²) in [5.41, 5.74) is -1.34. The summed E-state index contributed by atoms with van der Waals surface area (Å²) in [6, 6.07) is 2.02. The quantitative estimate of drug-likeness (QED) is 0.653. The summed E-state index contributed by atoms with van der Waals surface area (Å²) in [6.45, 7) is 2.49. The fourth-order valence-electron chi connectivity index (χ4n) is 3.90. The molecule has 1 aromatic carbocycles. The highest BCUT2D eigenvalue weighted by molar-refractivity contribution is 9.11. The van der Waals surface area contributed by atoms with Gasteiger partial charge in [0.05, 0.1) is 35.9 Å². The van der Waals surface area contributed by atoms with Crippen molar-refractivity contribution >= 4 is 27.7 Å². The Hall–Kier alpha value is -2.20. The molecule has 1 fully saturated rings. The number of fused-ring (bicyclic) bond motifs is 3. The number of hydrogen-bond acceptors (Lipinski definition) is 4. The largest absolute Gasteiger partial charge is 0.419 e. The molecule has 30 heavy (non-hydrogen) atoms. The van der Waals surface area contributed by atoms with Crippen molar-refractivity contribution in [1.29, 1.82) is 0 Å². The van der Waals surface area contributed by atoms with Crippen molar-refractivity contribution in [2.24, 2.45) is 4.99 Å². The number of aliphatic imine (C=N–C) groups is 1. The zero-order chi connectivity index (χ0) is 21.6. The van der Waals surface area contributed by atoms with E-state index in [1.807, 2.05) is 11.1 Å². The van der Waals surface area contributed by atoms with E-state index in [0.29, 0.717) is 29.6 Å². The minimum Gasteiger partial charge on any atom is -0.379 e. The molecule has 1 aromatic rings. The van der Waals surface area contributed by atoms with Gasteiger partial charge in [0.1, 0.15) is 11.7 Å². The summed E-state index contributed by atoms with van der Waals surface area (Å²) in [4.78, 5) is 19.5. The van der Waals surface area contributed by atoms with Crippen LogP contribution in [0.15, 0.2) is 45.5 Å². The number of hydrogen-bond donors (Lipinski definition) is 1. The highest BCUT2D eigenvalue weighted by Gasteiger charge is 2.41. The summed E-state index contributed by atoms with van der Waals surface area (Å²) in [5, 5.41) is 2.60. The first-order chi connectivity index (χ1) is 14.2. The van der Waals surface area contributed by atoms with E-state index in [4.69, 9.17) is 4.74 Å². The average molecular weight is 488 g/mol. The van der Waals surface area contributed by atoms with Gasteiger partial charge in [-0.05, 0) is 41.4 Å². The second-order valence-corrected chi connectivity index (χ2v) is 8.25. The molecule has 3 aliphatic rings. The fourth-order valence-corrected chi connectivity index (χ4v) is 4.35. The molecular formula is C20H18BrF4N3O2. The summed E-state index contributed by atoms with van der Waals surface area (Å²) in [6.07, 6.45) is -0.614. The maximum absolute atomic E-state index is 14.4. The number of nitrogens with zero attached hydrogens (tertiary/aromatic N) is 2. The Morgan fingerprint density at radius 1 is 1.40 bits per heavy atom. The number of alkyl halides is 3. The van der Waals surface area contributed by atoms with Crippen LogP contribution in [-0.2, 0) is 15.7 Å². The number of nitrogens with one attached hydrogen (secondary N) is 1. The van der Waals surface area contributed by atoms with Crippen LogP contribution < -0.4 is 5.32 Å². The van der Waals surface area contributed by atoms with Crippen LogP contribution in [0.4, 0.5) is 17.6 Å². The lowest BCUT2D eigenvalue weighted by Crippen LogP contribution is -2.44. The molecule has 1 amide bonds. The summed E-state index contributed by atoms with van der Waals surface area (Å²) in [7, 11) is 0. The summed E-state index contributed by atoms with van der Waals surface area (Å²) < 4.78 is 59.6. The Kier molecular flexibility index (Phi) is 5.48. The number of ether oxygens (including phenoxy) is 1. The van der Waals surface area contributed by atoms with E-state index in [0.717, 1.165) is 12.5 Å². The predicted octanol–water partition coefficient (Wildman–Crippen LogP) is 4.07. The monoisotopic (exact) mass is 487 g/mol.